The van der Waals surface area contributed by atoms with Crippen LogP contribution in [0.4, 0.5) is 5.69 Å². The molecule has 1 amide bonds. The van der Waals surface area contributed by atoms with Gasteiger partial charge in [-0.3, -0.25) is 9.59 Å². The minimum Gasteiger partial charge on any atom is -0.496 e. The molecule has 28 heavy (non-hydrogen) atoms. The number of anilines is 1. The zero-order chi connectivity index (χ0) is 20.8. The summed E-state index contributed by atoms with van der Waals surface area (Å²) in [6.45, 7) is 1.83. The predicted octanol–water partition coefficient (Wildman–Crippen LogP) is 3.00. The lowest BCUT2D eigenvalue weighted by Gasteiger charge is -2.10. The maximum absolute atomic E-state index is 12.4. The molecule has 0 saturated carbocycles. The third kappa shape index (κ3) is 5.16. The molecule has 0 heterocycles. The molecule has 2 aromatic rings. The Morgan fingerprint density at radius 1 is 0.929 bits per heavy atom. The Labute approximate surface area is 160 Å². The highest BCUT2D eigenvalue weighted by Gasteiger charge is 2.16. The summed E-state index contributed by atoms with van der Waals surface area (Å²) in [5.41, 5.74) is 0.742. The number of carbonyl (C=O) groups is 4. The van der Waals surface area contributed by atoms with Crippen molar-refractivity contribution in [1.82, 2.24) is 0 Å². The molecule has 8 nitrogen and oxygen atoms in total. The van der Waals surface area contributed by atoms with Crippen LogP contribution in [0.25, 0.3) is 0 Å². The van der Waals surface area contributed by atoms with Crippen LogP contribution in [-0.4, -0.2) is 41.0 Å². The number of carboxylic acid groups (broad SMARTS) is 2. The van der Waals surface area contributed by atoms with Crippen LogP contribution in [0.3, 0.4) is 0 Å². The fourth-order valence-corrected chi connectivity index (χ4v) is 2.57. The number of aromatic carboxylic acids is 2. The van der Waals surface area contributed by atoms with Crippen LogP contribution >= 0.6 is 0 Å². The first kappa shape index (κ1) is 20.6. The van der Waals surface area contributed by atoms with Crippen LogP contribution in [0.2, 0.25) is 0 Å². The van der Waals surface area contributed by atoms with Gasteiger partial charge < -0.3 is 20.3 Å². The highest BCUT2D eigenvalue weighted by Crippen LogP contribution is 2.22. The molecular weight excluding hydrogens is 366 g/mol. The fourth-order valence-electron chi connectivity index (χ4n) is 2.57. The molecule has 146 valence electrons. The van der Waals surface area contributed by atoms with Crippen molar-refractivity contribution in [2.45, 2.75) is 19.8 Å². The highest BCUT2D eigenvalue weighted by molar-refractivity contribution is 6.02. The average Bonchev–Trinajstić information content (AvgIpc) is 2.65. The Morgan fingerprint density at radius 3 is 2.07 bits per heavy atom. The van der Waals surface area contributed by atoms with Crippen LogP contribution < -0.4 is 10.1 Å². The lowest BCUT2D eigenvalue weighted by Crippen LogP contribution is -2.15. The van der Waals surface area contributed by atoms with Crippen LogP contribution in [0, 0.1) is 6.92 Å². The van der Waals surface area contributed by atoms with Gasteiger partial charge in [0.05, 0.1) is 23.8 Å². The van der Waals surface area contributed by atoms with Gasteiger partial charge in [-0.2, -0.15) is 0 Å². The van der Waals surface area contributed by atoms with Gasteiger partial charge in [0.1, 0.15) is 5.75 Å². The van der Waals surface area contributed by atoms with Gasteiger partial charge in [0, 0.05) is 18.5 Å². The van der Waals surface area contributed by atoms with Gasteiger partial charge in [-0.15, -0.1) is 0 Å². The first-order valence-electron chi connectivity index (χ1n) is 8.30. The summed E-state index contributed by atoms with van der Waals surface area (Å²) >= 11 is 0. The number of carbonyl (C=O) groups excluding carboxylic acids is 2. The summed E-state index contributed by atoms with van der Waals surface area (Å²) in [6.07, 6.45) is -0.244. The maximum Gasteiger partial charge on any atom is 0.335 e. The van der Waals surface area contributed by atoms with Gasteiger partial charge in [-0.25, -0.2) is 9.59 Å². The number of methoxy groups -OCH3 is 1. The summed E-state index contributed by atoms with van der Waals surface area (Å²) in [5, 5.41) is 20.6. The Balaban J connectivity index is 2.09. The van der Waals surface area contributed by atoms with Gasteiger partial charge in [-0.05, 0) is 37.3 Å². The van der Waals surface area contributed by atoms with Crippen molar-refractivity contribution < 1.29 is 34.1 Å². The molecule has 0 atom stereocenters. The molecule has 0 spiro atoms. The van der Waals surface area contributed by atoms with E-state index in [9.17, 15) is 19.2 Å². The first-order valence-corrected chi connectivity index (χ1v) is 8.30. The van der Waals surface area contributed by atoms with Crippen molar-refractivity contribution in [3.05, 3.63) is 58.7 Å². The van der Waals surface area contributed by atoms with Gasteiger partial charge in [0.25, 0.3) is 0 Å². The number of hydrogen-bond acceptors (Lipinski definition) is 5. The molecular formula is C20H19NO7. The largest absolute Gasteiger partial charge is 0.496 e. The van der Waals surface area contributed by atoms with E-state index in [4.69, 9.17) is 14.9 Å². The molecule has 0 aromatic heterocycles. The van der Waals surface area contributed by atoms with Crippen LogP contribution in [-0.2, 0) is 4.79 Å². The Hall–Kier alpha value is -3.68. The number of Topliss-reactive ketones (excluding diaryl/α,β-unsaturated/α-hetero) is 1. The van der Waals surface area contributed by atoms with Crippen molar-refractivity contribution in [3.8, 4) is 5.75 Å². The summed E-state index contributed by atoms with van der Waals surface area (Å²) in [4.78, 5) is 46.8. The summed E-state index contributed by atoms with van der Waals surface area (Å²) in [6, 6.07) is 8.45. The molecule has 8 heteroatoms. The Kier molecular flexibility index (Phi) is 6.49. The Morgan fingerprint density at radius 2 is 1.54 bits per heavy atom. The number of aryl methyl sites for hydroxylation is 1. The zero-order valence-corrected chi connectivity index (χ0v) is 15.3. The van der Waals surface area contributed by atoms with E-state index < -0.39 is 17.8 Å². The van der Waals surface area contributed by atoms with E-state index in [1.165, 1.54) is 7.11 Å². The second-order valence-electron chi connectivity index (χ2n) is 6.08. The molecule has 3 N–H and O–H groups in total. The third-order valence-corrected chi connectivity index (χ3v) is 3.95. The summed E-state index contributed by atoms with van der Waals surface area (Å²) in [7, 11) is 1.45. The van der Waals surface area contributed by atoms with E-state index in [1.807, 2.05) is 6.92 Å². The van der Waals surface area contributed by atoms with Crippen molar-refractivity contribution in [3.63, 3.8) is 0 Å². The molecule has 0 bridgehead atoms. The molecule has 0 aliphatic rings. The van der Waals surface area contributed by atoms with Crippen LogP contribution in [0.15, 0.2) is 36.4 Å². The number of nitrogens with one attached hydrogen (secondary N) is 1. The van der Waals surface area contributed by atoms with Gasteiger partial charge >= 0.3 is 11.9 Å². The van der Waals surface area contributed by atoms with E-state index in [1.54, 1.807) is 18.2 Å². The molecule has 0 aliphatic carbocycles. The van der Waals surface area contributed by atoms with E-state index in [0.717, 1.165) is 23.8 Å². The topological polar surface area (TPSA) is 130 Å². The quantitative estimate of drug-likeness (QED) is 0.596. The lowest BCUT2D eigenvalue weighted by atomic mass is 10.0. The zero-order valence-electron chi connectivity index (χ0n) is 15.3. The van der Waals surface area contributed by atoms with E-state index >= 15 is 0 Å². The fraction of sp³-hybridized carbons (Fsp3) is 0.200. The third-order valence-electron chi connectivity index (χ3n) is 3.95. The van der Waals surface area contributed by atoms with Gasteiger partial charge in [-0.1, -0.05) is 11.6 Å². The number of rotatable bonds is 8. The highest BCUT2D eigenvalue weighted by atomic mass is 16.5. The lowest BCUT2D eigenvalue weighted by molar-refractivity contribution is -0.116. The number of carboxylic acids is 2. The molecule has 0 saturated heterocycles. The standard InChI is InChI=1S/C20H19NO7/c1-11-3-5-17(28-2)15(7-11)16(22)4-6-18(23)21-14-9-12(19(24)25)8-13(10-14)20(26)27/h3,5,7-10H,4,6H2,1-2H3,(H,21,23)(H,24,25)(H,26,27). The van der Waals surface area contributed by atoms with E-state index in [2.05, 4.69) is 5.32 Å². The van der Waals surface area contributed by atoms with Crippen molar-refractivity contribution in [2.24, 2.45) is 0 Å². The molecule has 0 unspecified atom stereocenters. The number of hydrogen-bond donors (Lipinski definition) is 3. The van der Waals surface area contributed by atoms with Crippen molar-refractivity contribution >= 4 is 29.3 Å². The molecule has 0 aliphatic heterocycles. The number of benzene rings is 2. The summed E-state index contributed by atoms with van der Waals surface area (Å²) in [5.74, 6) is -3.04. The van der Waals surface area contributed by atoms with Crippen molar-refractivity contribution in [1.29, 1.82) is 0 Å². The minimum atomic E-state index is -1.32. The maximum atomic E-state index is 12.4. The minimum absolute atomic E-state index is 0.0304. The second kappa shape index (κ2) is 8.81. The number of ketones is 1. The Bertz CT molecular complexity index is 917. The number of ether oxygens (including phenoxy) is 1. The van der Waals surface area contributed by atoms with Gasteiger partial charge in [0.2, 0.25) is 5.91 Å². The van der Waals surface area contributed by atoms with E-state index in [-0.39, 0.29) is 35.4 Å². The van der Waals surface area contributed by atoms with Crippen molar-refractivity contribution in [2.75, 3.05) is 12.4 Å². The molecule has 2 aromatic carbocycles. The first-order chi connectivity index (χ1) is 13.2. The normalized spacial score (nSPS) is 10.2. The van der Waals surface area contributed by atoms with Crippen LogP contribution in [0.1, 0.15) is 49.5 Å². The predicted molar refractivity (Wildman–Crippen MR) is 100 cm³/mol. The number of amides is 1. The SMILES string of the molecule is COc1ccc(C)cc1C(=O)CCC(=O)Nc1cc(C(=O)O)cc(C(=O)O)c1. The van der Waals surface area contributed by atoms with Gasteiger partial charge in [0.15, 0.2) is 5.78 Å². The monoisotopic (exact) mass is 385 g/mol. The van der Waals surface area contributed by atoms with E-state index in [0.29, 0.717) is 11.3 Å². The molecule has 2 rings (SSSR count). The molecule has 0 radical (unpaired) electrons. The smallest absolute Gasteiger partial charge is 0.335 e. The summed E-state index contributed by atoms with van der Waals surface area (Å²) < 4.78 is 5.16. The average molecular weight is 385 g/mol. The van der Waals surface area contributed by atoms with Crippen LogP contribution in [0.5, 0.6) is 5.75 Å². The molecule has 0 fully saturated rings. The second-order valence-corrected chi connectivity index (χ2v) is 6.08.